The normalized spacial score (nSPS) is 17.0. The van der Waals surface area contributed by atoms with Crippen molar-refractivity contribution in [2.24, 2.45) is 5.92 Å². The van der Waals surface area contributed by atoms with E-state index in [4.69, 9.17) is 16.3 Å². The quantitative estimate of drug-likeness (QED) is 0.869. The van der Waals surface area contributed by atoms with Crippen LogP contribution in [0.5, 0.6) is 0 Å². The van der Waals surface area contributed by atoms with Crippen LogP contribution >= 0.6 is 11.6 Å². The summed E-state index contributed by atoms with van der Waals surface area (Å²) in [7, 11) is 1.35. The van der Waals surface area contributed by atoms with E-state index in [1.54, 1.807) is 24.3 Å². The lowest BCUT2D eigenvalue weighted by Gasteiger charge is -2.29. The Morgan fingerprint density at radius 1 is 1.19 bits per heavy atom. The fraction of sp³-hybridized carbons (Fsp3) is 0.500. The Morgan fingerprint density at radius 3 is 2.38 bits per heavy atom. The Morgan fingerprint density at radius 2 is 1.81 bits per heavy atom. The molecule has 1 amide bonds. The lowest BCUT2D eigenvalue weighted by Crippen LogP contribution is -2.47. The van der Waals surface area contributed by atoms with Crippen LogP contribution in [0.3, 0.4) is 0 Å². The molecule has 1 N–H and O–H groups in total. The minimum Gasteiger partial charge on any atom is -0.467 e. The molecule has 0 aliphatic heterocycles. The smallest absolute Gasteiger partial charge is 0.328 e. The van der Waals surface area contributed by atoms with Crippen LogP contribution in [0, 0.1) is 5.92 Å². The molecule has 1 atom stereocenters. The predicted octanol–water partition coefficient (Wildman–Crippen LogP) is 3.19. The van der Waals surface area contributed by atoms with Crippen LogP contribution in [0.2, 0.25) is 5.02 Å². The summed E-state index contributed by atoms with van der Waals surface area (Å²) in [5, 5.41) is 3.39. The van der Waals surface area contributed by atoms with Crippen LogP contribution in [0.25, 0.3) is 0 Å². The van der Waals surface area contributed by atoms with E-state index in [1.165, 1.54) is 13.5 Å². The standard InChI is InChI=1S/C16H20ClNO3/c1-21-16(20)14(11-5-3-2-4-6-11)18-15(19)12-7-9-13(17)10-8-12/h7-11,14H,2-6H2,1H3,(H,18,19)/t14-/m1/s1. The van der Waals surface area contributed by atoms with Crippen LogP contribution in [-0.4, -0.2) is 25.0 Å². The highest BCUT2D eigenvalue weighted by Crippen LogP contribution is 2.27. The summed E-state index contributed by atoms with van der Waals surface area (Å²) < 4.78 is 4.85. The largest absolute Gasteiger partial charge is 0.467 e. The summed E-state index contributed by atoms with van der Waals surface area (Å²) in [5.74, 6) is -0.487. The topological polar surface area (TPSA) is 55.4 Å². The Balaban J connectivity index is 2.08. The zero-order valence-electron chi connectivity index (χ0n) is 12.1. The highest BCUT2D eigenvalue weighted by molar-refractivity contribution is 6.30. The van der Waals surface area contributed by atoms with E-state index in [-0.39, 0.29) is 17.8 Å². The minimum absolute atomic E-state index is 0.155. The lowest BCUT2D eigenvalue weighted by atomic mass is 9.83. The summed E-state index contributed by atoms with van der Waals surface area (Å²) >= 11 is 5.81. The van der Waals surface area contributed by atoms with E-state index >= 15 is 0 Å². The number of rotatable bonds is 4. The lowest BCUT2D eigenvalue weighted by molar-refractivity contribution is -0.144. The van der Waals surface area contributed by atoms with Gasteiger partial charge in [0.1, 0.15) is 6.04 Å². The molecule has 1 aromatic rings. The summed E-state index contributed by atoms with van der Waals surface area (Å²) in [6, 6.07) is 6.03. The second-order valence-electron chi connectivity index (χ2n) is 5.38. The maximum atomic E-state index is 12.3. The number of benzene rings is 1. The maximum absolute atomic E-state index is 12.3. The number of ether oxygens (including phenoxy) is 1. The van der Waals surface area contributed by atoms with Gasteiger partial charge in [-0.2, -0.15) is 0 Å². The van der Waals surface area contributed by atoms with E-state index in [9.17, 15) is 9.59 Å². The third kappa shape index (κ3) is 4.21. The van der Waals surface area contributed by atoms with Gasteiger partial charge in [0.05, 0.1) is 7.11 Å². The molecule has 1 saturated carbocycles. The molecule has 1 aliphatic rings. The average molecular weight is 310 g/mol. The average Bonchev–Trinajstić information content (AvgIpc) is 2.53. The van der Waals surface area contributed by atoms with Crippen LogP contribution in [0.1, 0.15) is 42.5 Å². The zero-order chi connectivity index (χ0) is 15.2. The number of esters is 1. The zero-order valence-corrected chi connectivity index (χ0v) is 12.9. The Hall–Kier alpha value is -1.55. The number of amides is 1. The van der Waals surface area contributed by atoms with Crippen molar-refractivity contribution in [3.05, 3.63) is 34.9 Å². The van der Waals surface area contributed by atoms with Crippen LogP contribution in [-0.2, 0) is 9.53 Å². The number of halogens is 1. The first-order chi connectivity index (χ1) is 10.1. The van der Waals surface area contributed by atoms with Gasteiger partial charge in [0.2, 0.25) is 0 Å². The fourth-order valence-electron chi connectivity index (χ4n) is 2.79. The summed E-state index contributed by atoms with van der Waals surface area (Å²) in [6.07, 6.45) is 5.26. The second-order valence-corrected chi connectivity index (χ2v) is 5.82. The number of carbonyl (C=O) groups is 2. The first kappa shape index (κ1) is 15.8. The highest BCUT2D eigenvalue weighted by atomic mass is 35.5. The molecule has 0 saturated heterocycles. The molecule has 0 aromatic heterocycles. The van der Waals surface area contributed by atoms with Gasteiger partial charge >= 0.3 is 5.97 Å². The van der Waals surface area contributed by atoms with Gasteiger partial charge in [0.25, 0.3) is 5.91 Å². The van der Waals surface area contributed by atoms with E-state index in [1.807, 2.05) is 0 Å². The molecule has 1 aliphatic carbocycles. The Bertz CT molecular complexity index is 495. The minimum atomic E-state index is -0.571. The van der Waals surface area contributed by atoms with Crippen molar-refractivity contribution in [1.82, 2.24) is 5.32 Å². The monoisotopic (exact) mass is 309 g/mol. The number of nitrogens with one attached hydrogen (secondary N) is 1. The van der Waals surface area contributed by atoms with Crippen molar-refractivity contribution >= 4 is 23.5 Å². The number of hydrogen-bond donors (Lipinski definition) is 1. The highest BCUT2D eigenvalue weighted by Gasteiger charge is 2.31. The van der Waals surface area contributed by atoms with Crippen LogP contribution < -0.4 is 5.32 Å². The van der Waals surface area contributed by atoms with Crippen molar-refractivity contribution in [1.29, 1.82) is 0 Å². The van der Waals surface area contributed by atoms with Gasteiger partial charge in [-0.05, 0) is 43.0 Å². The fourth-order valence-corrected chi connectivity index (χ4v) is 2.92. The molecule has 1 fully saturated rings. The van der Waals surface area contributed by atoms with Gasteiger partial charge < -0.3 is 10.1 Å². The number of methoxy groups -OCH3 is 1. The van der Waals surface area contributed by atoms with Gasteiger partial charge in [0, 0.05) is 10.6 Å². The van der Waals surface area contributed by atoms with Gasteiger partial charge in [-0.15, -0.1) is 0 Å². The van der Waals surface area contributed by atoms with Gasteiger partial charge in [-0.1, -0.05) is 30.9 Å². The molecule has 0 spiro atoms. The van der Waals surface area contributed by atoms with Crippen molar-refractivity contribution in [3.8, 4) is 0 Å². The molecule has 0 bridgehead atoms. The van der Waals surface area contributed by atoms with Gasteiger partial charge in [-0.3, -0.25) is 4.79 Å². The molecule has 4 nitrogen and oxygen atoms in total. The first-order valence-electron chi connectivity index (χ1n) is 7.26. The number of carbonyl (C=O) groups excluding carboxylic acids is 2. The van der Waals surface area contributed by atoms with Crippen LogP contribution in [0.4, 0.5) is 0 Å². The third-order valence-corrected chi connectivity index (χ3v) is 4.22. The van der Waals surface area contributed by atoms with E-state index in [0.29, 0.717) is 10.6 Å². The molecule has 2 rings (SSSR count). The van der Waals surface area contributed by atoms with Crippen molar-refractivity contribution in [2.75, 3.05) is 7.11 Å². The molecule has 114 valence electrons. The van der Waals surface area contributed by atoms with Crippen molar-refractivity contribution in [3.63, 3.8) is 0 Å². The first-order valence-corrected chi connectivity index (χ1v) is 7.64. The van der Waals surface area contributed by atoms with E-state index in [0.717, 1.165) is 25.7 Å². The maximum Gasteiger partial charge on any atom is 0.328 e. The van der Waals surface area contributed by atoms with Gasteiger partial charge in [0.15, 0.2) is 0 Å². The molecule has 0 unspecified atom stereocenters. The SMILES string of the molecule is COC(=O)[C@H](NC(=O)c1ccc(Cl)cc1)C1CCCCC1. The van der Waals surface area contributed by atoms with Crippen molar-refractivity contribution in [2.45, 2.75) is 38.1 Å². The molecule has 21 heavy (non-hydrogen) atoms. The molecule has 0 radical (unpaired) electrons. The second kappa shape index (κ2) is 7.46. The number of hydrogen-bond acceptors (Lipinski definition) is 3. The summed E-state index contributed by atoms with van der Waals surface area (Å²) in [6.45, 7) is 0. The molecule has 0 heterocycles. The molecular formula is C16H20ClNO3. The van der Waals surface area contributed by atoms with Gasteiger partial charge in [-0.25, -0.2) is 4.79 Å². The predicted molar refractivity (Wildman–Crippen MR) is 81.3 cm³/mol. The third-order valence-electron chi connectivity index (χ3n) is 3.97. The van der Waals surface area contributed by atoms with E-state index in [2.05, 4.69) is 5.32 Å². The Labute approximate surface area is 129 Å². The summed E-state index contributed by atoms with van der Waals surface area (Å²) in [5.41, 5.74) is 0.490. The van der Waals surface area contributed by atoms with Crippen LogP contribution in [0.15, 0.2) is 24.3 Å². The Kier molecular flexibility index (Phi) is 5.62. The van der Waals surface area contributed by atoms with Crippen molar-refractivity contribution < 1.29 is 14.3 Å². The molecular weight excluding hydrogens is 290 g/mol. The molecule has 5 heteroatoms. The summed E-state index contributed by atoms with van der Waals surface area (Å²) in [4.78, 5) is 24.2. The molecule has 1 aromatic carbocycles. The van der Waals surface area contributed by atoms with E-state index < -0.39 is 6.04 Å².